The van der Waals surface area contributed by atoms with E-state index in [4.69, 9.17) is 4.74 Å². The number of anilines is 2. The summed E-state index contributed by atoms with van der Waals surface area (Å²) in [5, 5.41) is 3.37. The first kappa shape index (κ1) is 13.6. The summed E-state index contributed by atoms with van der Waals surface area (Å²) in [6.07, 6.45) is 3.17. The largest absolute Gasteiger partial charge is 0.380 e. The average molecular weight is 259 g/mol. The van der Waals surface area contributed by atoms with Crippen LogP contribution >= 0.6 is 0 Å². The van der Waals surface area contributed by atoms with E-state index in [1.807, 2.05) is 19.1 Å². The van der Waals surface area contributed by atoms with E-state index >= 15 is 0 Å². The Labute approximate surface area is 114 Å². The lowest BCUT2D eigenvalue weighted by Crippen LogP contribution is -2.03. The van der Waals surface area contributed by atoms with Crippen molar-refractivity contribution in [2.24, 2.45) is 0 Å². The molecule has 0 spiro atoms. The second-order valence-electron chi connectivity index (χ2n) is 4.66. The van der Waals surface area contributed by atoms with Crippen molar-refractivity contribution in [3.8, 4) is 0 Å². The van der Waals surface area contributed by atoms with Crippen LogP contribution in [0, 0.1) is 6.92 Å². The van der Waals surface area contributed by atoms with Gasteiger partial charge in [-0.05, 0) is 31.0 Å². The van der Waals surface area contributed by atoms with E-state index < -0.39 is 0 Å². The molecule has 1 aromatic carbocycles. The molecule has 1 aromatic heterocycles. The van der Waals surface area contributed by atoms with Crippen LogP contribution in [0.25, 0.3) is 0 Å². The molecule has 0 bridgehead atoms. The number of aryl methyl sites for hydroxylation is 2. The van der Waals surface area contributed by atoms with Crippen molar-refractivity contribution < 1.29 is 4.74 Å². The monoisotopic (exact) mass is 259 g/mol. The van der Waals surface area contributed by atoms with E-state index in [1.165, 1.54) is 0 Å². The van der Waals surface area contributed by atoms with E-state index in [9.17, 15) is 0 Å². The van der Waals surface area contributed by atoms with Crippen molar-refractivity contribution >= 4 is 11.6 Å². The Balaban J connectivity index is 2.18. The number of hydrogen-bond donors (Lipinski definition) is 1. The fraction of sp³-hybridized carbons (Fsp3) is 0.400. The molecule has 0 aliphatic heterocycles. The highest BCUT2D eigenvalue weighted by molar-refractivity contribution is 5.55. The molecule has 0 aliphatic rings. The van der Waals surface area contributed by atoms with Crippen LogP contribution in [0.1, 0.15) is 24.6 Å². The van der Waals surface area contributed by atoms with Crippen molar-refractivity contribution in [2.45, 2.75) is 33.4 Å². The smallest absolute Gasteiger partial charge is 0.207 e. The molecular weight excluding hydrogens is 238 g/mol. The molecule has 4 nitrogen and oxygen atoms in total. The first-order valence-corrected chi connectivity index (χ1v) is 6.61. The number of nitrogens with one attached hydrogen (secondary N) is 1. The number of nitrogens with zero attached hydrogens (tertiary/aromatic N) is 2. The maximum atomic E-state index is 5.15. The first-order chi connectivity index (χ1) is 9.22. The Morgan fingerprint density at radius 2 is 2.21 bits per heavy atom. The van der Waals surface area contributed by atoms with E-state index in [-0.39, 0.29) is 0 Å². The number of ether oxygens (including phenoxy) is 1. The number of rotatable bonds is 6. The van der Waals surface area contributed by atoms with Gasteiger partial charge in [-0.25, -0.2) is 4.98 Å². The Bertz CT molecular complexity index is 534. The SMILES string of the molecule is CCCn1cc(C)nc1Nc1cccc(COC)c1. The quantitative estimate of drug-likeness (QED) is 0.863. The number of imidazole rings is 1. The Hall–Kier alpha value is -1.81. The third-order valence-corrected chi connectivity index (χ3v) is 2.86. The van der Waals surface area contributed by atoms with Gasteiger partial charge >= 0.3 is 0 Å². The van der Waals surface area contributed by atoms with Gasteiger partial charge in [0.1, 0.15) is 0 Å². The lowest BCUT2D eigenvalue weighted by Gasteiger charge is -2.09. The van der Waals surface area contributed by atoms with Gasteiger partial charge in [0.05, 0.1) is 12.3 Å². The lowest BCUT2D eigenvalue weighted by molar-refractivity contribution is 0.185. The van der Waals surface area contributed by atoms with Gasteiger partial charge in [0.25, 0.3) is 0 Å². The molecule has 1 N–H and O–H groups in total. The number of hydrogen-bond acceptors (Lipinski definition) is 3. The molecular formula is C15H21N3O. The second-order valence-corrected chi connectivity index (χ2v) is 4.66. The molecule has 19 heavy (non-hydrogen) atoms. The maximum absolute atomic E-state index is 5.15. The van der Waals surface area contributed by atoms with Gasteiger partial charge in [-0.2, -0.15) is 0 Å². The average Bonchev–Trinajstić information content (AvgIpc) is 2.71. The zero-order chi connectivity index (χ0) is 13.7. The van der Waals surface area contributed by atoms with Crippen molar-refractivity contribution in [1.29, 1.82) is 0 Å². The van der Waals surface area contributed by atoms with Gasteiger partial charge in [-0.15, -0.1) is 0 Å². The fourth-order valence-electron chi connectivity index (χ4n) is 2.09. The molecule has 4 heteroatoms. The Morgan fingerprint density at radius 1 is 1.37 bits per heavy atom. The Morgan fingerprint density at radius 3 is 2.95 bits per heavy atom. The molecule has 0 radical (unpaired) electrons. The summed E-state index contributed by atoms with van der Waals surface area (Å²) < 4.78 is 7.30. The van der Waals surface area contributed by atoms with Gasteiger partial charge in [0, 0.05) is 25.5 Å². The van der Waals surface area contributed by atoms with E-state index in [2.05, 4.69) is 40.1 Å². The third-order valence-electron chi connectivity index (χ3n) is 2.86. The highest BCUT2D eigenvalue weighted by Gasteiger charge is 2.05. The van der Waals surface area contributed by atoms with Crippen LogP contribution in [0.5, 0.6) is 0 Å². The van der Waals surface area contributed by atoms with Crippen molar-refractivity contribution in [3.63, 3.8) is 0 Å². The van der Waals surface area contributed by atoms with Crippen LogP contribution in [0.2, 0.25) is 0 Å². The normalized spacial score (nSPS) is 10.7. The van der Waals surface area contributed by atoms with Crippen molar-refractivity contribution in [2.75, 3.05) is 12.4 Å². The topological polar surface area (TPSA) is 39.1 Å². The zero-order valence-corrected chi connectivity index (χ0v) is 11.8. The molecule has 0 atom stereocenters. The molecule has 0 saturated heterocycles. The summed E-state index contributed by atoms with van der Waals surface area (Å²) in [5.41, 5.74) is 3.22. The fourth-order valence-corrected chi connectivity index (χ4v) is 2.09. The van der Waals surface area contributed by atoms with Crippen LogP contribution in [0.15, 0.2) is 30.5 Å². The van der Waals surface area contributed by atoms with E-state index in [1.54, 1.807) is 7.11 Å². The third kappa shape index (κ3) is 3.58. The summed E-state index contributed by atoms with van der Waals surface area (Å²) in [7, 11) is 1.71. The standard InChI is InChI=1S/C15H21N3O/c1-4-8-18-10-12(2)16-15(18)17-14-7-5-6-13(9-14)11-19-3/h5-7,9-10H,4,8,11H2,1-3H3,(H,16,17). The minimum Gasteiger partial charge on any atom is -0.380 e. The number of benzene rings is 1. The summed E-state index contributed by atoms with van der Waals surface area (Å²) in [6.45, 7) is 5.77. The van der Waals surface area contributed by atoms with E-state index in [0.29, 0.717) is 6.61 Å². The molecule has 0 unspecified atom stereocenters. The summed E-state index contributed by atoms with van der Waals surface area (Å²) >= 11 is 0. The maximum Gasteiger partial charge on any atom is 0.207 e. The van der Waals surface area contributed by atoms with E-state index in [0.717, 1.165) is 35.9 Å². The zero-order valence-electron chi connectivity index (χ0n) is 11.8. The van der Waals surface area contributed by atoms with Gasteiger partial charge in [0.2, 0.25) is 5.95 Å². The van der Waals surface area contributed by atoms with Gasteiger partial charge < -0.3 is 14.6 Å². The molecule has 0 aliphatic carbocycles. The highest BCUT2D eigenvalue weighted by atomic mass is 16.5. The second kappa shape index (κ2) is 6.38. The van der Waals surface area contributed by atoms with Crippen molar-refractivity contribution in [3.05, 3.63) is 41.7 Å². The summed E-state index contributed by atoms with van der Waals surface area (Å²) in [5.74, 6) is 0.897. The van der Waals surface area contributed by atoms with Crippen LogP contribution in [0.4, 0.5) is 11.6 Å². The molecule has 2 aromatic rings. The molecule has 0 amide bonds. The minimum absolute atomic E-state index is 0.623. The molecule has 2 rings (SSSR count). The lowest BCUT2D eigenvalue weighted by atomic mass is 10.2. The Kier molecular flexibility index (Phi) is 4.58. The number of methoxy groups -OCH3 is 1. The first-order valence-electron chi connectivity index (χ1n) is 6.61. The van der Waals surface area contributed by atoms with Crippen molar-refractivity contribution in [1.82, 2.24) is 9.55 Å². The predicted molar refractivity (Wildman–Crippen MR) is 77.7 cm³/mol. The van der Waals surface area contributed by atoms with Crippen LogP contribution in [0.3, 0.4) is 0 Å². The van der Waals surface area contributed by atoms with Gasteiger partial charge in [0.15, 0.2) is 0 Å². The predicted octanol–water partition coefficient (Wildman–Crippen LogP) is 3.49. The summed E-state index contributed by atoms with van der Waals surface area (Å²) in [4.78, 5) is 4.52. The number of aromatic nitrogens is 2. The van der Waals surface area contributed by atoms with Crippen LogP contribution in [-0.4, -0.2) is 16.7 Å². The van der Waals surface area contributed by atoms with Gasteiger partial charge in [-0.3, -0.25) is 0 Å². The van der Waals surface area contributed by atoms with Crippen LogP contribution in [-0.2, 0) is 17.9 Å². The van der Waals surface area contributed by atoms with Gasteiger partial charge in [-0.1, -0.05) is 19.1 Å². The molecule has 0 fully saturated rings. The minimum atomic E-state index is 0.623. The molecule has 0 saturated carbocycles. The van der Waals surface area contributed by atoms with Crippen LogP contribution < -0.4 is 5.32 Å². The molecule has 1 heterocycles. The molecule has 102 valence electrons. The summed E-state index contributed by atoms with van der Waals surface area (Å²) in [6, 6.07) is 8.21. The highest BCUT2D eigenvalue weighted by Crippen LogP contribution is 2.18.